The van der Waals surface area contributed by atoms with Crippen LogP contribution in [0.1, 0.15) is 68.8 Å². The maximum Gasteiger partial charge on any atom is 0.0633 e. The smallest absolute Gasteiger partial charge is 0.0622 e. The molecule has 622 valence electrons. The molecule has 0 bridgehead atoms. The molecular weight excluding hydrogens is 1620 g/mol. The van der Waals surface area contributed by atoms with Gasteiger partial charge in [0.2, 0.25) is 0 Å². The average Bonchev–Trinajstić information content (AvgIpc) is 1.52. The molecule has 0 spiro atoms. The van der Waals surface area contributed by atoms with Crippen molar-refractivity contribution in [1.29, 1.82) is 0 Å². The van der Waals surface area contributed by atoms with E-state index in [1.165, 1.54) is 141 Å². The van der Waals surface area contributed by atoms with E-state index in [4.69, 9.17) is 27.4 Å². The zero-order valence-electron chi connectivity index (χ0n) is 104. The average molecular weight is 1740 g/mol. The molecule has 0 nitrogen and oxygen atoms in total. The lowest BCUT2D eigenvalue weighted by molar-refractivity contribution is 0.661. The Balaban J connectivity index is 0.000000119. The van der Waals surface area contributed by atoms with Crippen LogP contribution in [0.25, 0.3) is 294 Å². The van der Waals surface area contributed by atoms with Crippen molar-refractivity contribution in [2.24, 2.45) is 0 Å². The third-order valence-corrected chi connectivity index (χ3v) is 28.1. The van der Waals surface area contributed by atoms with Gasteiger partial charge in [-0.15, -0.1) is 0 Å². The van der Waals surface area contributed by atoms with Gasteiger partial charge in [-0.25, -0.2) is 0 Å². The van der Waals surface area contributed by atoms with Gasteiger partial charge in [0, 0.05) is 9.53 Å². The largest absolute Gasteiger partial charge is 0.0633 e. The van der Waals surface area contributed by atoms with Crippen LogP contribution in [0.15, 0.2) is 460 Å². The fraction of sp³-hybridized carbons (Fsp3) is 0.0222. The van der Waals surface area contributed by atoms with Crippen LogP contribution >= 0.6 is 0 Å². The van der Waals surface area contributed by atoms with Gasteiger partial charge in [-0.2, -0.15) is 0 Å². The van der Waals surface area contributed by atoms with Gasteiger partial charge in [-0.3, -0.25) is 0 Å². The van der Waals surface area contributed by atoms with Crippen LogP contribution in [0.3, 0.4) is 0 Å². The quantitative estimate of drug-likeness (QED) is 0.133. The Labute approximate surface area is 824 Å². The van der Waals surface area contributed by atoms with Gasteiger partial charge in [-0.05, 0) is 354 Å². The first kappa shape index (κ1) is 50.9. The predicted molar refractivity (Wildman–Crippen MR) is 583 cm³/mol. The van der Waals surface area contributed by atoms with Crippen molar-refractivity contribution in [3.63, 3.8) is 0 Å². The number of hydrogen-bond acceptors (Lipinski definition) is 0. The molecule has 0 aromatic heterocycles. The van der Waals surface area contributed by atoms with Crippen LogP contribution < -0.4 is 0 Å². The molecule has 1 aliphatic carbocycles. The molecule has 0 fully saturated rings. The van der Waals surface area contributed by atoms with Gasteiger partial charge in [0.05, 0.1) is 39.8 Å². The number of hydrogen-bond donors (Lipinski definition) is 0. The third kappa shape index (κ3) is 11.5. The molecule has 30 aromatic rings. The summed E-state index contributed by atoms with van der Waals surface area (Å²) in [4.78, 5) is 0. The third-order valence-electron chi connectivity index (χ3n) is 28.1. The minimum absolute atomic E-state index is 0.199. The van der Waals surface area contributed by atoms with Crippen molar-refractivity contribution in [2.45, 2.75) is 19.2 Å². The number of benzene rings is 30. The van der Waals surface area contributed by atoms with Crippen molar-refractivity contribution < 1.29 is 43.9 Å². The van der Waals surface area contributed by atoms with Crippen LogP contribution in [-0.2, 0) is 5.41 Å². The van der Waals surface area contributed by atoms with Crippen molar-refractivity contribution in [1.82, 2.24) is 0 Å². The van der Waals surface area contributed by atoms with Gasteiger partial charge in [0.25, 0.3) is 0 Å². The van der Waals surface area contributed by atoms with Crippen molar-refractivity contribution in [3.05, 3.63) is 471 Å². The van der Waals surface area contributed by atoms with Crippen LogP contribution in [-0.4, -0.2) is 0 Å². The van der Waals surface area contributed by atoms with E-state index in [1.807, 2.05) is 12.1 Å². The molecule has 0 saturated carbocycles. The highest BCUT2D eigenvalue weighted by molar-refractivity contribution is 6.32. The standard InChI is InChI=1S/C47H30.2C44H26/c1-47(2)41-25-33(35-19-13-31-11-9-27-5-3-7-29-15-23-39(35)45(31)43(27)29)17-21-37(41)38-22-18-34(26-42(38)47)36-20-14-32-12-10-28-6-4-8-30-16-24-40(36)46(32)44(28)30;2*1-2-6-27(7-3-1)34-24-35(37-20-16-32-14-12-28-8-4-10-30-18-22-39(37)43(32)41(28)30)26-36(25-34)38-21-17-33-15-13-29-9-5-11-31-19-23-40(38)44(33)42(29)31/h3-26H,1-2H3;2*1-26H/i1D3,3D,4D,5D,6D,7D,8D,9D,10D,11D,12D,13D,14D,15D,16D,17D,18D,19D,20D,21D,22D,23D,24D,25D,26D;1D,2D,3D,6D,7D;. The van der Waals surface area contributed by atoms with E-state index in [9.17, 15) is 16.4 Å². The van der Waals surface area contributed by atoms with Gasteiger partial charge < -0.3 is 0 Å². The van der Waals surface area contributed by atoms with Gasteiger partial charge in [-0.1, -0.05) is 426 Å². The Kier molecular flexibility index (Phi) is 10.9. The van der Waals surface area contributed by atoms with E-state index in [2.05, 4.69) is 273 Å². The molecule has 0 N–H and O–H groups in total. The van der Waals surface area contributed by atoms with Crippen molar-refractivity contribution >= 4 is 194 Å². The first-order valence-corrected chi connectivity index (χ1v) is 44.8. The molecule has 1 aliphatic rings. The molecule has 135 heavy (non-hydrogen) atoms. The van der Waals surface area contributed by atoms with Crippen molar-refractivity contribution in [2.75, 3.05) is 0 Å². The number of fused-ring (bicyclic) bond motifs is 3. The summed E-state index contributed by atoms with van der Waals surface area (Å²) in [6, 6.07) is 83.0. The van der Waals surface area contributed by atoms with E-state index < -0.39 is 251 Å². The molecule has 0 aliphatic heterocycles. The summed E-state index contributed by atoms with van der Waals surface area (Å²) in [7, 11) is 0. The first-order chi connectivity index (χ1) is 80.0. The molecule has 31 rings (SSSR count). The molecule has 0 radical (unpaired) electrons. The lowest BCUT2D eigenvalue weighted by atomic mass is 9.80. The van der Waals surface area contributed by atoms with Crippen LogP contribution in [0.5, 0.6) is 0 Å². The highest BCUT2D eigenvalue weighted by Crippen LogP contribution is 2.55. The summed E-state index contributed by atoms with van der Waals surface area (Å²) in [5.74, 6) is 0. The van der Waals surface area contributed by atoms with Crippen LogP contribution in [0.4, 0.5) is 0 Å². The first-order valence-electron chi connectivity index (χ1n) is 60.8. The lowest BCUT2D eigenvalue weighted by Gasteiger charge is -2.23. The highest BCUT2D eigenvalue weighted by atomic mass is 14.4. The molecule has 0 heterocycles. The second kappa shape index (κ2) is 28.9. The van der Waals surface area contributed by atoms with Crippen molar-refractivity contribution in [3.8, 4) is 100 Å². The summed E-state index contributed by atoms with van der Waals surface area (Å²) in [5.41, 5.74) is 4.17. The van der Waals surface area contributed by atoms with E-state index in [1.54, 1.807) is 0 Å². The van der Waals surface area contributed by atoms with E-state index in [0.29, 0.717) is 5.56 Å². The van der Waals surface area contributed by atoms with Gasteiger partial charge in [0.1, 0.15) is 0 Å². The molecule has 0 atom stereocenters. The van der Waals surface area contributed by atoms with Gasteiger partial charge >= 0.3 is 0 Å². The van der Waals surface area contributed by atoms with E-state index >= 15 is 0 Å². The Bertz CT molecular complexity index is 11500. The Morgan fingerprint density at radius 1 is 0.163 bits per heavy atom. The zero-order valence-corrected chi connectivity index (χ0v) is 71.6. The second-order valence-corrected chi connectivity index (χ2v) is 35.5. The van der Waals surface area contributed by atoms with E-state index in [-0.39, 0.29) is 51.3 Å². The minimum atomic E-state index is -3.41. The monoisotopic (exact) mass is 1730 g/mol. The molecule has 30 aromatic carbocycles. The van der Waals surface area contributed by atoms with E-state index in [0.717, 1.165) is 50.7 Å². The summed E-state index contributed by atoms with van der Waals surface area (Å²) in [5, 5.41) is 25.4. The lowest BCUT2D eigenvalue weighted by Crippen LogP contribution is -2.15. The molecule has 0 saturated heterocycles. The maximum atomic E-state index is 9.95. The molecule has 0 amide bonds. The molecule has 0 heteroatoms. The fourth-order valence-corrected chi connectivity index (χ4v) is 22.0. The topological polar surface area (TPSA) is 0 Å². The Morgan fingerprint density at radius 2 is 0.430 bits per heavy atom. The van der Waals surface area contributed by atoms with Crippen LogP contribution in [0.2, 0.25) is 0 Å². The summed E-state index contributed by atoms with van der Waals surface area (Å²) in [6.07, 6.45) is 0. The second-order valence-electron chi connectivity index (χ2n) is 35.5. The Morgan fingerprint density at radius 3 is 0.770 bits per heavy atom. The molecule has 0 unspecified atom stereocenters. The zero-order chi connectivity index (χ0) is 116. The highest BCUT2D eigenvalue weighted by Gasteiger charge is 2.37. The SMILES string of the molecule is [2H]c1c([2H])c([2H])c(-c2cc(-c3ccc4ccc5cccc6ccc3c4c56)cc(-c3ccc4ccc5cccc6ccc3c4c56)c2)c([2H])c1[2H].[2H]c1c([2H])c2c(c([2H])c1-c1c([2H])c([2H])c3c([2H])c([2H])c4c([2H])c([2H])c([2H])c5c([2H])c([2H])c1c3c45)C(C)(C([2H])([2H])[2H])c1c([2H])c(-c3c([2H])c([2H])c4c([2H])c([2H])c5c([2H])c([2H])c([2H])c6c([2H])c([2H])c3c4c56)c([2H])c([2H])c1-2.c1ccc(-c2cc(-c3ccc4ccc5cccc6ccc3c4c56)cc(-c3ccc4ccc5cccc6ccc3c4c56)c2)cc1. The summed E-state index contributed by atoms with van der Waals surface area (Å²) >= 11 is 0. The predicted octanol–water partition coefficient (Wildman–Crippen LogP) is 38.1. The minimum Gasteiger partial charge on any atom is -0.0622 e. The van der Waals surface area contributed by atoms with Crippen LogP contribution in [0, 0.1) is 0 Å². The van der Waals surface area contributed by atoms with Gasteiger partial charge in [0.15, 0.2) is 0 Å². The fourth-order valence-electron chi connectivity index (χ4n) is 22.0. The molecular formula is C135H82. The number of rotatable bonds is 8. The summed E-state index contributed by atoms with van der Waals surface area (Å²) in [6.45, 7) is -2.37. The normalized spacial score (nSPS) is 16.2. The Hall–Kier alpha value is -17.2. The maximum absolute atomic E-state index is 9.95. The summed E-state index contributed by atoms with van der Waals surface area (Å²) < 4.78 is 290.